The van der Waals surface area contributed by atoms with Crippen LogP contribution >= 0.6 is 0 Å². The van der Waals surface area contributed by atoms with Gasteiger partial charge < -0.3 is 24.6 Å². The second-order valence-electron chi connectivity index (χ2n) is 6.94. The molecule has 1 aromatic rings. The van der Waals surface area contributed by atoms with Gasteiger partial charge in [-0.3, -0.25) is 9.59 Å². The van der Waals surface area contributed by atoms with Crippen molar-refractivity contribution in [2.45, 2.75) is 45.4 Å². The molecule has 28 heavy (non-hydrogen) atoms. The summed E-state index contributed by atoms with van der Waals surface area (Å²) in [5, 5.41) is 11.3. The van der Waals surface area contributed by atoms with Crippen molar-refractivity contribution in [3.63, 3.8) is 0 Å². The van der Waals surface area contributed by atoms with Crippen molar-refractivity contribution in [3.8, 4) is 0 Å². The zero-order valence-electron chi connectivity index (χ0n) is 16.3. The number of carbonyl (C=O) groups is 4. The van der Waals surface area contributed by atoms with Crippen molar-refractivity contribution >= 4 is 24.0 Å². The van der Waals surface area contributed by atoms with Crippen LogP contribution in [0.15, 0.2) is 30.3 Å². The maximum atomic E-state index is 12.6. The van der Waals surface area contributed by atoms with Crippen LogP contribution in [0.3, 0.4) is 0 Å². The van der Waals surface area contributed by atoms with E-state index >= 15 is 0 Å². The zero-order valence-corrected chi connectivity index (χ0v) is 16.3. The normalized spacial score (nSPS) is 13.0. The molecule has 9 heteroatoms. The SMILES string of the molecule is COC(=O)[C@@H](CC(=O)O)[C@H](NC(=O)OC(C)(C)C)C(=O)OCc1ccccc1. The highest BCUT2D eigenvalue weighted by Crippen LogP contribution is 2.16. The molecule has 0 aliphatic rings. The third kappa shape index (κ3) is 8.07. The molecule has 1 rings (SSSR count). The molecule has 9 nitrogen and oxygen atoms in total. The summed E-state index contributed by atoms with van der Waals surface area (Å²) in [6.07, 6.45) is -1.73. The van der Waals surface area contributed by atoms with Crippen LogP contribution in [0.4, 0.5) is 4.79 Å². The number of nitrogens with one attached hydrogen (secondary N) is 1. The van der Waals surface area contributed by atoms with Gasteiger partial charge in [-0.2, -0.15) is 0 Å². The Morgan fingerprint density at radius 1 is 1.07 bits per heavy atom. The lowest BCUT2D eigenvalue weighted by molar-refractivity contribution is -0.159. The number of rotatable bonds is 8. The van der Waals surface area contributed by atoms with E-state index in [2.05, 4.69) is 10.1 Å². The lowest BCUT2D eigenvalue weighted by Gasteiger charge is -2.26. The summed E-state index contributed by atoms with van der Waals surface area (Å²) >= 11 is 0. The molecule has 0 aromatic heterocycles. The molecule has 0 heterocycles. The minimum absolute atomic E-state index is 0.118. The molecule has 2 N–H and O–H groups in total. The molecular formula is C19H25NO8. The minimum atomic E-state index is -1.60. The Bertz CT molecular complexity index is 696. The van der Waals surface area contributed by atoms with Crippen molar-refractivity contribution in [1.82, 2.24) is 5.32 Å². The van der Waals surface area contributed by atoms with Crippen LogP contribution in [0.5, 0.6) is 0 Å². The lowest BCUT2D eigenvalue weighted by atomic mass is 9.96. The summed E-state index contributed by atoms with van der Waals surface area (Å²) < 4.78 is 14.8. The molecule has 0 radical (unpaired) electrons. The van der Waals surface area contributed by atoms with Gasteiger partial charge in [-0.25, -0.2) is 9.59 Å². The fourth-order valence-electron chi connectivity index (χ4n) is 2.25. The number of hydrogen-bond acceptors (Lipinski definition) is 7. The van der Waals surface area contributed by atoms with E-state index in [0.29, 0.717) is 5.56 Å². The number of hydrogen-bond donors (Lipinski definition) is 2. The Morgan fingerprint density at radius 3 is 2.18 bits per heavy atom. The smallest absolute Gasteiger partial charge is 0.408 e. The second kappa shape index (κ2) is 10.3. The minimum Gasteiger partial charge on any atom is -0.481 e. The number of ether oxygens (including phenoxy) is 3. The number of benzene rings is 1. The Morgan fingerprint density at radius 2 is 1.68 bits per heavy atom. The maximum absolute atomic E-state index is 12.6. The number of aliphatic carboxylic acids is 1. The summed E-state index contributed by atoms with van der Waals surface area (Å²) in [6.45, 7) is 4.73. The fraction of sp³-hybridized carbons (Fsp3) is 0.474. The Balaban J connectivity index is 3.02. The molecular weight excluding hydrogens is 370 g/mol. The van der Waals surface area contributed by atoms with Crippen LogP contribution in [-0.4, -0.2) is 47.9 Å². The second-order valence-corrected chi connectivity index (χ2v) is 6.94. The first kappa shape index (κ1) is 22.9. The largest absolute Gasteiger partial charge is 0.481 e. The molecule has 0 saturated carbocycles. The van der Waals surface area contributed by atoms with Crippen LogP contribution < -0.4 is 5.32 Å². The molecule has 0 fully saturated rings. The number of methoxy groups -OCH3 is 1. The number of amides is 1. The van der Waals surface area contributed by atoms with E-state index in [9.17, 15) is 19.2 Å². The van der Waals surface area contributed by atoms with Gasteiger partial charge in [0.15, 0.2) is 0 Å². The van der Waals surface area contributed by atoms with Crippen LogP contribution in [0.2, 0.25) is 0 Å². The van der Waals surface area contributed by atoms with Gasteiger partial charge >= 0.3 is 24.0 Å². The van der Waals surface area contributed by atoms with Crippen molar-refractivity contribution in [1.29, 1.82) is 0 Å². The van der Waals surface area contributed by atoms with Crippen molar-refractivity contribution in [2.24, 2.45) is 5.92 Å². The molecule has 0 unspecified atom stereocenters. The van der Waals surface area contributed by atoms with Gasteiger partial charge in [0.2, 0.25) is 0 Å². The predicted molar refractivity (Wildman–Crippen MR) is 97.2 cm³/mol. The average Bonchev–Trinajstić information content (AvgIpc) is 2.61. The summed E-state index contributed by atoms with van der Waals surface area (Å²) in [7, 11) is 1.05. The van der Waals surface area contributed by atoms with Crippen molar-refractivity contribution < 1.29 is 38.5 Å². The Kier molecular flexibility index (Phi) is 8.43. The van der Waals surface area contributed by atoms with Crippen LogP contribution in [0, 0.1) is 5.92 Å². The molecule has 1 aromatic carbocycles. The van der Waals surface area contributed by atoms with E-state index < -0.39 is 48.0 Å². The van der Waals surface area contributed by atoms with Gasteiger partial charge in [-0.1, -0.05) is 30.3 Å². The molecule has 0 bridgehead atoms. The first-order valence-corrected chi connectivity index (χ1v) is 8.53. The zero-order chi connectivity index (χ0) is 21.3. The van der Waals surface area contributed by atoms with Crippen molar-refractivity contribution in [3.05, 3.63) is 35.9 Å². The third-order valence-corrected chi connectivity index (χ3v) is 3.45. The monoisotopic (exact) mass is 395 g/mol. The predicted octanol–water partition coefficient (Wildman–Crippen LogP) is 1.89. The first-order valence-electron chi connectivity index (χ1n) is 8.53. The molecule has 2 atom stereocenters. The summed E-state index contributed by atoms with van der Waals surface area (Å²) in [5.41, 5.74) is -0.185. The summed E-state index contributed by atoms with van der Waals surface area (Å²) in [5.74, 6) is -4.79. The number of alkyl carbamates (subject to hydrolysis) is 1. The van der Waals surface area contributed by atoms with E-state index in [1.165, 1.54) is 0 Å². The van der Waals surface area contributed by atoms with E-state index in [0.717, 1.165) is 7.11 Å². The molecule has 1 amide bonds. The van der Waals surface area contributed by atoms with Gasteiger partial charge in [0, 0.05) is 0 Å². The number of carboxylic acid groups (broad SMARTS) is 1. The quantitative estimate of drug-likeness (QED) is 0.504. The Labute approximate surface area is 163 Å². The van der Waals surface area contributed by atoms with E-state index in [1.807, 2.05) is 0 Å². The van der Waals surface area contributed by atoms with Gasteiger partial charge in [0.1, 0.15) is 18.2 Å². The molecule has 154 valence electrons. The van der Waals surface area contributed by atoms with Gasteiger partial charge in [-0.05, 0) is 26.3 Å². The average molecular weight is 395 g/mol. The van der Waals surface area contributed by atoms with Crippen LogP contribution in [0.1, 0.15) is 32.8 Å². The summed E-state index contributed by atoms with van der Waals surface area (Å²) in [4.78, 5) is 47.9. The molecule has 0 aliphatic heterocycles. The van der Waals surface area contributed by atoms with Crippen LogP contribution in [0.25, 0.3) is 0 Å². The fourth-order valence-corrected chi connectivity index (χ4v) is 2.25. The van der Waals surface area contributed by atoms with E-state index in [4.69, 9.17) is 14.6 Å². The maximum Gasteiger partial charge on any atom is 0.408 e. The highest BCUT2D eigenvalue weighted by molar-refractivity contribution is 5.90. The third-order valence-electron chi connectivity index (χ3n) is 3.45. The Hall–Kier alpha value is -3.10. The molecule has 0 aliphatic carbocycles. The first-order chi connectivity index (χ1) is 13.0. The molecule has 0 spiro atoms. The van der Waals surface area contributed by atoms with Crippen molar-refractivity contribution in [2.75, 3.05) is 7.11 Å². The van der Waals surface area contributed by atoms with E-state index in [-0.39, 0.29) is 6.61 Å². The summed E-state index contributed by atoms with van der Waals surface area (Å²) in [6, 6.07) is 7.14. The highest BCUT2D eigenvalue weighted by Gasteiger charge is 2.39. The highest BCUT2D eigenvalue weighted by atomic mass is 16.6. The van der Waals surface area contributed by atoms with Crippen LogP contribution in [-0.2, 0) is 35.2 Å². The van der Waals surface area contributed by atoms with Gasteiger partial charge in [-0.15, -0.1) is 0 Å². The number of carboxylic acids is 1. The lowest BCUT2D eigenvalue weighted by Crippen LogP contribution is -2.51. The number of carbonyl (C=O) groups excluding carboxylic acids is 3. The number of esters is 2. The van der Waals surface area contributed by atoms with E-state index in [1.54, 1.807) is 51.1 Å². The van der Waals surface area contributed by atoms with Gasteiger partial charge in [0.25, 0.3) is 0 Å². The standard InChI is InChI=1S/C19H25NO8/c1-19(2,3)28-18(25)20-15(13(10-14(21)22)16(23)26-4)17(24)27-11-12-8-6-5-7-9-12/h5-9,13,15H,10-11H2,1-4H3,(H,20,25)(H,21,22)/t13-,15-/m0/s1. The molecule has 0 saturated heterocycles. The van der Waals surface area contributed by atoms with Gasteiger partial charge in [0.05, 0.1) is 19.4 Å². The topological polar surface area (TPSA) is 128 Å².